The molecule has 6 heteroatoms. The molecule has 0 aliphatic carbocycles. The van der Waals surface area contributed by atoms with Crippen LogP contribution in [0.25, 0.3) is 5.65 Å². The second-order valence-electron chi connectivity index (χ2n) is 4.68. The molecular weight excluding hydrogens is 268 g/mol. The minimum Gasteiger partial charge on any atom is -0.382 e. The average Bonchev–Trinajstić information content (AvgIpc) is 2.89. The van der Waals surface area contributed by atoms with Gasteiger partial charge in [0.1, 0.15) is 5.65 Å². The number of amides is 2. The normalized spacial score (nSPS) is 10.7. The summed E-state index contributed by atoms with van der Waals surface area (Å²) in [6.07, 6.45) is 5.49. The van der Waals surface area contributed by atoms with E-state index in [4.69, 9.17) is 4.74 Å². The zero-order chi connectivity index (χ0) is 14.9. The van der Waals surface area contributed by atoms with Crippen molar-refractivity contribution in [2.24, 2.45) is 0 Å². The van der Waals surface area contributed by atoms with Crippen LogP contribution < -0.4 is 10.6 Å². The first-order valence-corrected chi connectivity index (χ1v) is 7.31. The number of pyridine rings is 1. The van der Waals surface area contributed by atoms with E-state index in [-0.39, 0.29) is 6.03 Å². The van der Waals surface area contributed by atoms with Crippen LogP contribution >= 0.6 is 0 Å². The largest absolute Gasteiger partial charge is 0.382 e. The van der Waals surface area contributed by atoms with Gasteiger partial charge in [-0.15, -0.1) is 0 Å². The van der Waals surface area contributed by atoms with Crippen molar-refractivity contribution in [1.29, 1.82) is 0 Å². The van der Waals surface area contributed by atoms with Crippen LogP contribution in [0.3, 0.4) is 0 Å². The SMILES string of the molecule is CCOCCCNC(=O)NCCc1cn2ccccc2n1. The fourth-order valence-electron chi connectivity index (χ4n) is 1.99. The van der Waals surface area contributed by atoms with Crippen LogP contribution in [0.5, 0.6) is 0 Å². The topological polar surface area (TPSA) is 67.7 Å². The van der Waals surface area contributed by atoms with E-state index in [2.05, 4.69) is 15.6 Å². The molecule has 0 unspecified atom stereocenters. The Kier molecular flexibility index (Phi) is 6.02. The second-order valence-corrected chi connectivity index (χ2v) is 4.68. The predicted molar refractivity (Wildman–Crippen MR) is 81.4 cm³/mol. The Labute approximate surface area is 124 Å². The van der Waals surface area contributed by atoms with E-state index < -0.39 is 0 Å². The Morgan fingerprint density at radius 3 is 3.00 bits per heavy atom. The number of urea groups is 1. The summed E-state index contributed by atoms with van der Waals surface area (Å²) in [5.74, 6) is 0. The molecule has 0 aliphatic heterocycles. The molecule has 2 amide bonds. The molecule has 114 valence electrons. The van der Waals surface area contributed by atoms with Gasteiger partial charge in [0.05, 0.1) is 5.69 Å². The van der Waals surface area contributed by atoms with Crippen LogP contribution in [-0.2, 0) is 11.2 Å². The number of nitrogens with zero attached hydrogens (tertiary/aromatic N) is 2. The number of imidazole rings is 1. The number of aromatic nitrogens is 2. The molecule has 0 bridgehead atoms. The van der Waals surface area contributed by atoms with E-state index in [1.54, 1.807) is 0 Å². The summed E-state index contributed by atoms with van der Waals surface area (Å²) in [5, 5.41) is 5.63. The molecule has 0 aliphatic rings. The average molecular weight is 290 g/mol. The fraction of sp³-hybridized carbons (Fsp3) is 0.467. The fourth-order valence-corrected chi connectivity index (χ4v) is 1.99. The van der Waals surface area contributed by atoms with Crippen LogP contribution in [0, 0.1) is 0 Å². The predicted octanol–water partition coefficient (Wildman–Crippen LogP) is 1.60. The third-order valence-corrected chi connectivity index (χ3v) is 3.04. The van der Waals surface area contributed by atoms with E-state index in [9.17, 15) is 4.79 Å². The molecule has 0 radical (unpaired) electrons. The van der Waals surface area contributed by atoms with Crippen molar-refractivity contribution in [2.75, 3.05) is 26.3 Å². The van der Waals surface area contributed by atoms with Crippen LogP contribution in [-0.4, -0.2) is 41.7 Å². The van der Waals surface area contributed by atoms with E-state index in [0.717, 1.165) is 17.8 Å². The quantitative estimate of drug-likeness (QED) is 0.726. The van der Waals surface area contributed by atoms with Crippen LogP contribution in [0.1, 0.15) is 19.0 Å². The van der Waals surface area contributed by atoms with Crippen LogP contribution in [0.15, 0.2) is 30.6 Å². The standard InChI is InChI=1S/C15H22N4O2/c1-2-21-11-5-8-16-15(20)17-9-7-13-12-19-10-4-3-6-14(19)18-13/h3-4,6,10,12H,2,5,7-9,11H2,1H3,(H2,16,17,20). The lowest BCUT2D eigenvalue weighted by Crippen LogP contribution is -2.37. The van der Waals surface area contributed by atoms with Gasteiger partial charge in [0.25, 0.3) is 0 Å². The van der Waals surface area contributed by atoms with Gasteiger partial charge >= 0.3 is 6.03 Å². The summed E-state index contributed by atoms with van der Waals surface area (Å²) < 4.78 is 7.18. The zero-order valence-corrected chi connectivity index (χ0v) is 12.3. The molecule has 0 saturated carbocycles. The van der Waals surface area contributed by atoms with Crippen LogP contribution in [0.2, 0.25) is 0 Å². The molecule has 2 aromatic rings. The Balaban J connectivity index is 1.63. The summed E-state index contributed by atoms with van der Waals surface area (Å²) >= 11 is 0. The Morgan fingerprint density at radius 2 is 2.19 bits per heavy atom. The highest BCUT2D eigenvalue weighted by atomic mass is 16.5. The van der Waals surface area contributed by atoms with Gasteiger partial charge in [-0.25, -0.2) is 9.78 Å². The molecule has 0 spiro atoms. The number of ether oxygens (including phenoxy) is 1. The number of fused-ring (bicyclic) bond motifs is 1. The maximum Gasteiger partial charge on any atom is 0.314 e. The smallest absolute Gasteiger partial charge is 0.314 e. The van der Waals surface area contributed by atoms with E-state index in [0.29, 0.717) is 32.7 Å². The lowest BCUT2D eigenvalue weighted by Gasteiger charge is -2.06. The van der Waals surface area contributed by atoms with Gasteiger partial charge in [0.2, 0.25) is 0 Å². The lowest BCUT2D eigenvalue weighted by molar-refractivity contribution is 0.145. The Morgan fingerprint density at radius 1 is 1.33 bits per heavy atom. The van der Waals surface area contributed by atoms with Crippen molar-refractivity contribution in [3.8, 4) is 0 Å². The Hall–Kier alpha value is -2.08. The molecule has 0 fully saturated rings. The number of carbonyl (C=O) groups excluding carboxylic acids is 1. The van der Waals surface area contributed by atoms with Crippen molar-refractivity contribution >= 4 is 11.7 Å². The van der Waals surface area contributed by atoms with Crippen molar-refractivity contribution < 1.29 is 9.53 Å². The maximum absolute atomic E-state index is 11.5. The number of rotatable bonds is 8. The number of nitrogens with one attached hydrogen (secondary N) is 2. The molecule has 2 rings (SSSR count). The highest BCUT2D eigenvalue weighted by Gasteiger charge is 2.02. The molecule has 0 atom stereocenters. The van der Waals surface area contributed by atoms with Gasteiger partial charge in [-0.1, -0.05) is 6.07 Å². The molecule has 2 N–H and O–H groups in total. The Bertz CT molecular complexity index is 535. The summed E-state index contributed by atoms with van der Waals surface area (Å²) in [6.45, 7) is 4.55. The first-order chi connectivity index (χ1) is 10.3. The maximum atomic E-state index is 11.5. The second kappa shape index (κ2) is 8.26. The van der Waals surface area contributed by atoms with Crippen molar-refractivity contribution in [3.05, 3.63) is 36.3 Å². The minimum atomic E-state index is -0.143. The van der Waals surface area contributed by atoms with Crippen molar-refractivity contribution in [3.63, 3.8) is 0 Å². The van der Waals surface area contributed by atoms with Gasteiger partial charge < -0.3 is 19.8 Å². The molecule has 6 nitrogen and oxygen atoms in total. The van der Waals surface area contributed by atoms with Crippen molar-refractivity contribution in [2.45, 2.75) is 19.8 Å². The number of hydrogen-bond donors (Lipinski definition) is 2. The third-order valence-electron chi connectivity index (χ3n) is 3.04. The molecule has 21 heavy (non-hydrogen) atoms. The zero-order valence-electron chi connectivity index (χ0n) is 12.3. The monoisotopic (exact) mass is 290 g/mol. The summed E-state index contributed by atoms with van der Waals surface area (Å²) in [7, 11) is 0. The van der Waals surface area contributed by atoms with Gasteiger partial charge in [0.15, 0.2) is 0 Å². The highest BCUT2D eigenvalue weighted by molar-refractivity contribution is 5.73. The van der Waals surface area contributed by atoms with E-state index in [1.807, 2.05) is 41.9 Å². The first-order valence-electron chi connectivity index (χ1n) is 7.31. The summed E-state index contributed by atoms with van der Waals surface area (Å²) in [4.78, 5) is 16.0. The van der Waals surface area contributed by atoms with E-state index in [1.165, 1.54) is 0 Å². The summed E-state index contributed by atoms with van der Waals surface area (Å²) in [6, 6.07) is 5.74. The summed E-state index contributed by atoms with van der Waals surface area (Å²) in [5.41, 5.74) is 1.89. The number of hydrogen-bond acceptors (Lipinski definition) is 3. The van der Waals surface area contributed by atoms with Crippen molar-refractivity contribution in [1.82, 2.24) is 20.0 Å². The van der Waals surface area contributed by atoms with E-state index >= 15 is 0 Å². The third kappa shape index (κ3) is 5.07. The van der Waals surface area contributed by atoms with Gasteiger partial charge in [-0.3, -0.25) is 0 Å². The van der Waals surface area contributed by atoms with Gasteiger partial charge in [-0.2, -0.15) is 0 Å². The number of carbonyl (C=O) groups is 1. The van der Waals surface area contributed by atoms with Crippen LogP contribution in [0.4, 0.5) is 4.79 Å². The van der Waals surface area contributed by atoms with Gasteiger partial charge in [0, 0.05) is 45.1 Å². The molecular formula is C15H22N4O2. The molecule has 0 aromatic carbocycles. The first kappa shape index (κ1) is 15.3. The molecule has 2 heterocycles. The lowest BCUT2D eigenvalue weighted by atomic mass is 10.3. The minimum absolute atomic E-state index is 0.143. The highest BCUT2D eigenvalue weighted by Crippen LogP contribution is 2.04. The molecule has 0 saturated heterocycles. The molecule has 2 aromatic heterocycles. The van der Waals surface area contributed by atoms with Gasteiger partial charge in [-0.05, 0) is 25.5 Å².